The molecule has 0 aliphatic rings. The molecule has 3 nitrogen and oxygen atoms in total. The minimum atomic E-state index is -0.250. The summed E-state index contributed by atoms with van der Waals surface area (Å²) >= 11 is 3.17. The van der Waals surface area contributed by atoms with Gasteiger partial charge in [0.25, 0.3) is 0 Å². The van der Waals surface area contributed by atoms with Crippen LogP contribution in [0.4, 0.5) is 4.39 Å². The van der Waals surface area contributed by atoms with Crippen LogP contribution in [0.3, 0.4) is 0 Å². The number of thiazole rings is 1. The Morgan fingerprint density at radius 1 is 0.929 bits per heavy atom. The van der Waals surface area contributed by atoms with E-state index < -0.39 is 0 Å². The standard InChI is InChI=1S/C22H18FN3S2/c23-19-10-8-18(9-11-19)21-16-28-22(24-13-12-17-5-2-1-3-6-17)26(21)25-15-20-7-4-14-27-20/h1-11,14-16H,12-13H2. The van der Waals surface area contributed by atoms with Gasteiger partial charge in [-0.2, -0.15) is 5.10 Å². The zero-order chi connectivity index (χ0) is 19.2. The van der Waals surface area contributed by atoms with E-state index >= 15 is 0 Å². The number of nitrogens with zero attached hydrogens (tertiary/aromatic N) is 3. The Morgan fingerprint density at radius 3 is 2.50 bits per heavy atom. The van der Waals surface area contributed by atoms with Crippen LogP contribution < -0.4 is 4.80 Å². The summed E-state index contributed by atoms with van der Waals surface area (Å²) in [5.41, 5.74) is 3.07. The summed E-state index contributed by atoms with van der Waals surface area (Å²) in [7, 11) is 0. The Hall–Kier alpha value is -2.83. The van der Waals surface area contributed by atoms with E-state index in [2.05, 4.69) is 17.2 Å². The van der Waals surface area contributed by atoms with Gasteiger partial charge in [0.05, 0.1) is 11.9 Å². The molecule has 0 fully saturated rings. The van der Waals surface area contributed by atoms with Gasteiger partial charge in [-0.3, -0.25) is 4.99 Å². The van der Waals surface area contributed by atoms with E-state index in [1.807, 2.05) is 52.0 Å². The Labute approximate surface area is 170 Å². The van der Waals surface area contributed by atoms with Crippen molar-refractivity contribution in [2.24, 2.45) is 10.1 Å². The zero-order valence-electron chi connectivity index (χ0n) is 15.0. The largest absolute Gasteiger partial charge is 0.257 e. The average molecular weight is 408 g/mol. The van der Waals surface area contributed by atoms with Crippen LogP contribution in [-0.2, 0) is 6.42 Å². The molecule has 0 amide bonds. The van der Waals surface area contributed by atoms with Crippen molar-refractivity contribution in [2.75, 3.05) is 6.54 Å². The highest BCUT2D eigenvalue weighted by Gasteiger charge is 2.08. The van der Waals surface area contributed by atoms with E-state index in [1.165, 1.54) is 29.0 Å². The minimum absolute atomic E-state index is 0.250. The van der Waals surface area contributed by atoms with Crippen LogP contribution >= 0.6 is 22.7 Å². The number of hydrogen-bond donors (Lipinski definition) is 0. The third kappa shape index (κ3) is 4.52. The second kappa shape index (κ2) is 8.91. The van der Waals surface area contributed by atoms with E-state index in [0.717, 1.165) is 27.4 Å². The summed E-state index contributed by atoms with van der Waals surface area (Å²) in [6.45, 7) is 0.682. The topological polar surface area (TPSA) is 29.6 Å². The quantitative estimate of drug-likeness (QED) is 0.381. The normalized spacial score (nSPS) is 12.1. The zero-order valence-corrected chi connectivity index (χ0v) is 16.7. The number of halogens is 1. The van der Waals surface area contributed by atoms with E-state index in [9.17, 15) is 4.39 Å². The van der Waals surface area contributed by atoms with E-state index in [4.69, 9.17) is 4.99 Å². The van der Waals surface area contributed by atoms with Gasteiger partial charge in [-0.1, -0.05) is 36.4 Å². The lowest BCUT2D eigenvalue weighted by molar-refractivity contribution is 0.628. The Kier molecular flexibility index (Phi) is 5.89. The molecule has 28 heavy (non-hydrogen) atoms. The molecule has 0 aliphatic heterocycles. The highest BCUT2D eigenvalue weighted by atomic mass is 32.1. The minimum Gasteiger partial charge on any atom is -0.257 e. The number of hydrogen-bond acceptors (Lipinski definition) is 4. The summed E-state index contributed by atoms with van der Waals surface area (Å²) in [6, 6.07) is 20.8. The number of aromatic nitrogens is 1. The van der Waals surface area contributed by atoms with Gasteiger partial charge >= 0.3 is 0 Å². The smallest absolute Gasteiger partial charge is 0.206 e. The van der Waals surface area contributed by atoms with Gasteiger partial charge in [0.2, 0.25) is 4.80 Å². The highest BCUT2D eigenvalue weighted by Crippen LogP contribution is 2.20. The van der Waals surface area contributed by atoms with Gasteiger partial charge in [-0.05, 0) is 47.7 Å². The molecule has 0 unspecified atom stereocenters. The monoisotopic (exact) mass is 407 g/mol. The molecule has 0 radical (unpaired) electrons. The third-order valence-corrected chi connectivity index (χ3v) is 5.82. The molecule has 140 valence electrons. The molecule has 0 saturated heterocycles. The maximum absolute atomic E-state index is 13.3. The van der Waals surface area contributed by atoms with Crippen LogP contribution in [0.25, 0.3) is 11.3 Å². The Bertz CT molecular complexity index is 1110. The van der Waals surface area contributed by atoms with Crippen LogP contribution in [-0.4, -0.2) is 17.4 Å². The summed E-state index contributed by atoms with van der Waals surface area (Å²) in [6.07, 6.45) is 2.71. The molecule has 6 heteroatoms. The third-order valence-electron chi connectivity index (χ3n) is 4.16. The van der Waals surface area contributed by atoms with E-state index in [1.54, 1.807) is 23.5 Å². The summed E-state index contributed by atoms with van der Waals surface area (Å²) in [5, 5.41) is 8.69. The van der Waals surface area contributed by atoms with Gasteiger partial charge in [0, 0.05) is 22.4 Å². The molecule has 2 aromatic carbocycles. The summed E-state index contributed by atoms with van der Waals surface area (Å²) in [5.74, 6) is -0.250. The van der Waals surface area contributed by atoms with Crippen molar-refractivity contribution in [1.82, 2.24) is 4.68 Å². The second-order valence-electron chi connectivity index (χ2n) is 6.10. The molecule has 0 spiro atoms. The van der Waals surface area contributed by atoms with Crippen LogP contribution in [0, 0.1) is 5.82 Å². The van der Waals surface area contributed by atoms with Gasteiger partial charge in [0.15, 0.2) is 0 Å². The van der Waals surface area contributed by atoms with Crippen LogP contribution in [0.5, 0.6) is 0 Å². The lowest BCUT2D eigenvalue weighted by Gasteiger charge is -2.03. The molecule has 0 saturated carbocycles. The molecular formula is C22H18FN3S2. The first-order valence-corrected chi connectivity index (χ1v) is 10.6. The van der Waals surface area contributed by atoms with Crippen LogP contribution in [0.1, 0.15) is 10.4 Å². The Balaban J connectivity index is 1.67. The molecular weight excluding hydrogens is 389 g/mol. The van der Waals surface area contributed by atoms with Gasteiger partial charge in [-0.15, -0.1) is 22.7 Å². The van der Waals surface area contributed by atoms with Crippen molar-refractivity contribution < 1.29 is 4.39 Å². The second-order valence-corrected chi connectivity index (χ2v) is 7.92. The molecule has 2 heterocycles. The lowest BCUT2D eigenvalue weighted by atomic mass is 10.2. The maximum Gasteiger partial charge on any atom is 0.206 e. The molecule has 0 atom stereocenters. The fraction of sp³-hybridized carbons (Fsp3) is 0.0909. The van der Waals surface area contributed by atoms with Crippen molar-refractivity contribution in [2.45, 2.75) is 6.42 Å². The SMILES string of the molecule is Fc1ccc(-c2csc(=NCCc3ccccc3)n2N=Cc2cccs2)cc1. The van der Waals surface area contributed by atoms with Crippen molar-refractivity contribution in [3.63, 3.8) is 0 Å². The average Bonchev–Trinajstić information content (AvgIpc) is 3.38. The van der Waals surface area contributed by atoms with Gasteiger partial charge in [-0.25, -0.2) is 9.07 Å². The first kappa shape index (κ1) is 18.5. The number of thiophene rings is 1. The van der Waals surface area contributed by atoms with E-state index in [0.29, 0.717) is 6.54 Å². The molecule has 0 bridgehead atoms. The summed E-state index contributed by atoms with van der Waals surface area (Å²) in [4.78, 5) is 6.65. The first-order chi connectivity index (χ1) is 13.8. The highest BCUT2D eigenvalue weighted by molar-refractivity contribution is 7.11. The summed E-state index contributed by atoms with van der Waals surface area (Å²) < 4.78 is 15.2. The van der Waals surface area contributed by atoms with Crippen molar-refractivity contribution in [3.8, 4) is 11.3 Å². The maximum atomic E-state index is 13.3. The first-order valence-electron chi connectivity index (χ1n) is 8.88. The number of benzene rings is 2. The van der Waals surface area contributed by atoms with Crippen molar-refractivity contribution >= 4 is 28.9 Å². The predicted molar refractivity (Wildman–Crippen MR) is 116 cm³/mol. The van der Waals surface area contributed by atoms with Crippen LogP contribution in [0.15, 0.2) is 87.6 Å². The molecule has 2 aromatic heterocycles. The van der Waals surface area contributed by atoms with Gasteiger partial charge < -0.3 is 0 Å². The molecule has 4 aromatic rings. The predicted octanol–water partition coefficient (Wildman–Crippen LogP) is 5.44. The number of rotatable bonds is 6. The van der Waals surface area contributed by atoms with Crippen LogP contribution in [0.2, 0.25) is 0 Å². The van der Waals surface area contributed by atoms with Crippen molar-refractivity contribution in [1.29, 1.82) is 0 Å². The van der Waals surface area contributed by atoms with E-state index in [-0.39, 0.29) is 5.82 Å². The Morgan fingerprint density at radius 2 is 1.75 bits per heavy atom. The fourth-order valence-corrected chi connectivity index (χ4v) is 4.19. The fourth-order valence-electron chi connectivity index (χ4n) is 2.74. The molecule has 4 rings (SSSR count). The van der Waals surface area contributed by atoms with Crippen molar-refractivity contribution in [3.05, 3.63) is 98.5 Å². The molecule has 0 N–H and O–H groups in total. The lowest BCUT2D eigenvalue weighted by Crippen LogP contribution is -2.13. The van der Waals surface area contributed by atoms with Gasteiger partial charge in [0.1, 0.15) is 5.82 Å². The molecule has 0 aliphatic carbocycles.